The molecule has 7 nitrogen and oxygen atoms in total. The highest BCUT2D eigenvalue weighted by molar-refractivity contribution is 6.30. The maximum Gasteiger partial charge on any atom is 0.251 e. The number of hydrogen-bond donors (Lipinski definition) is 1. The van der Waals surface area contributed by atoms with Gasteiger partial charge in [-0.1, -0.05) is 28.9 Å². The number of nitrogens with one attached hydrogen (secondary N) is 1. The van der Waals surface area contributed by atoms with Crippen molar-refractivity contribution in [1.82, 2.24) is 20.4 Å². The van der Waals surface area contributed by atoms with Gasteiger partial charge in [0.25, 0.3) is 5.91 Å². The quantitative estimate of drug-likeness (QED) is 0.755. The Hall–Kier alpha value is -2.93. The molecular formula is C17H16ClN5O2. The summed E-state index contributed by atoms with van der Waals surface area (Å²) in [5, 5.41) is 7.24. The zero-order chi connectivity index (χ0) is 17.8. The number of carbonyl (C=O) groups excluding carboxylic acids is 1. The standard InChI is InChI=1S/C17H16ClN5O2/c1-23(2)14-9-12(6-7-19-14)17(24)20-10-15-21-16(22-25-15)11-4-3-5-13(18)8-11/h3-9H,10H2,1-2H3,(H,20,24). The molecule has 3 aromatic rings. The zero-order valence-corrected chi connectivity index (χ0v) is 14.5. The van der Waals surface area contributed by atoms with Crippen LogP contribution >= 0.6 is 11.6 Å². The van der Waals surface area contributed by atoms with E-state index in [-0.39, 0.29) is 12.5 Å². The number of amides is 1. The highest BCUT2D eigenvalue weighted by atomic mass is 35.5. The first-order valence-electron chi connectivity index (χ1n) is 7.53. The van der Waals surface area contributed by atoms with Crippen LogP contribution in [-0.4, -0.2) is 35.1 Å². The Balaban J connectivity index is 1.66. The summed E-state index contributed by atoms with van der Waals surface area (Å²) >= 11 is 5.96. The smallest absolute Gasteiger partial charge is 0.251 e. The Labute approximate surface area is 149 Å². The van der Waals surface area contributed by atoms with E-state index < -0.39 is 0 Å². The lowest BCUT2D eigenvalue weighted by Gasteiger charge is -2.11. The Morgan fingerprint density at radius 2 is 2.12 bits per heavy atom. The van der Waals surface area contributed by atoms with Crippen molar-refractivity contribution < 1.29 is 9.32 Å². The van der Waals surface area contributed by atoms with Crippen molar-refractivity contribution in [3.8, 4) is 11.4 Å². The monoisotopic (exact) mass is 357 g/mol. The Morgan fingerprint density at radius 3 is 2.88 bits per heavy atom. The van der Waals surface area contributed by atoms with Gasteiger partial charge in [0.15, 0.2) is 0 Å². The first-order chi connectivity index (χ1) is 12.0. The highest BCUT2D eigenvalue weighted by Crippen LogP contribution is 2.19. The van der Waals surface area contributed by atoms with Crippen LogP contribution in [0.2, 0.25) is 5.02 Å². The molecule has 0 unspecified atom stereocenters. The lowest BCUT2D eigenvalue weighted by Crippen LogP contribution is -2.23. The van der Waals surface area contributed by atoms with Crippen molar-refractivity contribution in [2.24, 2.45) is 0 Å². The maximum atomic E-state index is 12.2. The van der Waals surface area contributed by atoms with Crippen LogP contribution in [0.5, 0.6) is 0 Å². The molecule has 2 heterocycles. The Kier molecular flexibility index (Phi) is 4.95. The van der Waals surface area contributed by atoms with Crippen molar-refractivity contribution in [2.75, 3.05) is 19.0 Å². The van der Waals surface area contributed by atoms with Gasteiger partial charge in [0.05, 0.1) is 6.54 Å². The topological polar surface area (TPSA) is 84.2 Å². The van der Waals surface area contributed by atoms with E-state index in [4.69, 9.17) is 16.1 Å². The van der Waals surface area contributed by atoms with E-state index in [9.17, 15) is 4.79 Å². The van der Waals surface area contributed by atoms with E-state index in [1.165, 1.54) is 0 Å². The Bertz CT molecular complexity index is 894. The third kappa shape index (κ3) is 4.13. The van der Waals surface area contributed by atoms with Gasteiger partial charge in [-0.3, -0.25) is 4.79 Å². The number of aromatic nitrogens is 3. The molecule has 2 aromatic heterocycles. The predicted octanol–water partition coefficient (Wildman–Crippen LogP) is 2.78. The van der Waals surface area contributed by atoms with Crippen LogP contribution in [0.3, 0.4) is 0 Å². The molecule has 128 valence electrons. The molecule has 1 N–H and O–H groups in total. The number of benzene rings is 1. The van der Waals surface area contributed by atoms with Gasteiger partial charge in [0.1, 0.15) is 5.82 Å². The summed E-state index contributed by atoms with van der Waals surface area (Å²) in [6.45, 7) is 0.131. The highest BCUT2D eigenvalue weighted by Gasteiger charge is 2.12. The summed E-state index contributed by atoms with van der Waals surface area (Å²) < 4.78 is 5.17. The number of hydrogen-bond acceptors (Lipinski definition) is 6. The van der Waals surface area contributed by atoms with Crippen LogP contribution in [0, 0.1) is 0 Å². The number of carbonyl (C=O) groups is 1. The van der Waals surface area contributed by atoms with Gasteiger partial charge in [-0.2, -0.15) is 4.98 Å². The molecule has 0 radical (unpaired) electrons. The van der Waals surface area contributed by atoms with E-state index >= 15 is 0 Å². The lowest BCUT2D eigenvalue weighted by atomic mass is 10.2. The summed E-state index contributed by atoms with van der Waals surface area (Å²) in [6.07, 6.45) is 1.59. The van der Waals surface area contributed by atoms with Gasteiger partial charge < -0.3 is 14.7 Å². The molecule has 1 aromatic carbocycles. The largest absolute Gasteiger partial charge is 0.363 e. The van der Waals surface area contributed by atoms with Crippen molar-refractivity contribution >= 4 is 23.3 Å². The van der Waals surface area contributed by atoms with Gasteiger partial charge in [0, 0.05) is 36.4 Å². The molecule has 3 rings (SSSR count). The summed E-state index contributed by atoms with van der Waals surface area (Å²) in [7, 11) is 3.72. The number of nitrogens with zero attached hydrogens (tertiary/aromatic N) is 4. The number of anilines is 1. The Morgan fingerprint density at radius 1 is 1.28 bits per heavy atom. The van der Waals surface area contributed by atoms with E-state index in [0.717, 1.165) is 5.56 Å². The number of pyridine rings is 1. The van der Waals surface area contributed by atoms with Gasteiger partial charge in [-0.15, -0.1) is 0 Å². The second-order valence-electron chi connectivity index (χ2n) is 5.50. The van der Waals surface area contributed by atoms with Gasteiger partial charge in [0.2, 0.25) is 11.7 Å². The normalized spacial score (nSPS) is 10.5. The predicted molar refractivity (Wildman–Crippen MR) is 94.5 cm³/mol. The molecule has 0 fully saturated rings. The third-order valence-corrected chi connectivity index (χ3v) is 3.65. The summed E-state index contributed by atoms with van der Waals surface area (Å²) in [5.74, 6) is 1.19. The molecule has 0 aliphatic carbocycles. The van der Waals surface area contributed by atoms with Crippen molar-refractivity contribution in [1.29, 1.82) is 0 Å². The van der Waals surface area contributed by atoms with Crippen molar-refractivity contribution in [2.45, 2.75) is 6.54 Å². The maximum absolute atomic E-state index is 12.2. The minimum atomic E-state index is -0.243. The lowest BCUT2D eigenvalue weighted by molar-refractivity contribution is 0.0946. The van der Waals surface area contributed by atoms with Gasteiger partial charge in [-0.25, -0.2) is 4.98 Å². The molecule has 0 aliphatic rings. The van der Waals surface area contributed by atoms with Crippen molar-refractivity contribution in [3.63, 3.8) is 0 Å². The summed E-state index contributed by atoms with van der Waals surface area (Å²) in [5.41, 5.74) is 1.26. The fourth-order valence-electron chi connectivity index (χ4n) is 2.13. The second kappa shape index (κ2) is 7.31. The van der Waals surface area contributed by atoms with E-state index in [1.807, 2.05) is 25.1 Å². The van der Waals surface area contributed by atoms with Crippen LogP contribution in [0.25, 0.3) is 11.4 Å². The average Bonchev–Trinajstić information content (AvgIpc) is 3.09. The molecule has 25 heavy (non-hydrogen) atoms. The molecule has 0 aliphatic heterocycles. The van der Waals surface area contributed by atoms with Gasteiger partial charge >= 0.3 is 0 Å². The number of rotatable bonds is 5. The van der Waals surface area contributed by atoms with Crippen LogP contribution in [0.4, 0.5) is 5.82 Å². The first-order valence-corrected chi connectivity index (χ1v) is 7.91. The zero-order valence-electron chi connectivity index (χ0n) is 13.7. The SMILES string of the molecule is CN(C)c1cc(C(=O)NCc2nc(-c3cccc(Cl)c3)no2)ccn1. The fraction of sp³-hybridized carbons (Fsp3) is 0.176. The van der Waals surface area contributed by atoms with Crippen molar-refractivity contribution in [3.05, 3.63) is 59.1 Å². The molecule has 0 saturated heterocycles. The number of halogens is 1. The molecule has 0 atom stereocenters. The average molecular weight is 358 g/mol. The molecule has 0 spiro atoms. The molecule has 0 bridgehead atoms. The van der Waals surface area contributed by atoms with Gasteiger partial charge in [-0.05, 0) is 24.3 Å². The molecule has 8 heteroatoms. The third-order valence-electron chi connectivity index (χ3n) is 3.42. The fourth-order valence-corrected chi connectivity index (χ4v) is 2.32. The van der Waals surface area contributed by atoms with Crippen LogP contribution < -0.4 is 10.2 Å². The van der Waals surface area contributed by atoms with Crippen LogP contribution in [0.1, 0.15) is 16.2 Å². The molecule has 0 saturated carbocycles. The van der Waals surface area contributed by atoms with E-state index in [0.29, 0.717) is 28.1 Å². The molecular weight excluding hydrogens is 342 g/mol. The van der Waals surface area contributed by atoms with E-state index in [1.54, 1.807) is 36.5 Å². The molecule has 1 amide bonds. The van der Waals surface area contributed by atoms with E-state index in [2.05, 4.69) is 20.4 Å². The van der Waals surface area contributed by atoms with Crippen LogP contribution in [0.15, 0.2) is 47.1 Å². The summed E-state index contributed by atoms with van der Waals surface area (Å²) in [4.78, 5) is 22.5. The minimum absolute atomic E-state index is 0.131. The summed E-state index contributed by atoms with van der Waals surface area (Å²) in [6, 6.07) is 10.5. The second-order valence-corrected chi connectivity index (χ2v) is 5.94. The van der Waals surface area contributed by atoms with Crippen LogP contribution in [-0.2, 0) is 6.54 Å². The first kappa shape index (κ1) is 16.9. The minimum Gasteiger partial charge on any atom is -0.363 e.